The van der Waals surface area contributed by atoms with E-state index in [9.17, 15) is 4.79 Å². The Labute approximate surface area is 131 Å². The summed E-state index contributed by atoms with van der Waals surface area (Å²) in [6.45, 7) is 7.02. The molecule has 0 aliphatic rings. The van der Waals surface area contributed by atoms with Gasteiger partial charge in [-0.25, -0.2) is 0 Å². The van der Waals surface area contributed by atoms with E-state index in [2.05, 4.69) is 22.5 Å². The summed E-state index contributed by atoms with van der Waals surface area (Å²) in [4.78, 5) is 12.0. The van der Waals surface area contributed by atoms with Gasteiger partial charge in [0.1, 0.15) is 0 Å². The largest absolute Gasteiger partial charge is 0.351 e. The normalized spacial score (nSPS) is 12.9. The van der Waals surface area contributed by atoms with Crippen molar-refractivity contribution in [1.82, 2.24) is 15.1 Å². The van der Waals surface area contributed by atoms with E-state index in [4.69, 9.17) is 5.73 Å². The Morgan fingerprint density at radius 3 is 2.59 bits per heavy atom. The van der Waals surface area contributed by atoms with Gasteiger partial charge in [0.05, 0.1) is 18.8 Å². The highest BCUT2D eigenvalue weighted by molar-refractivity contribution is 5.82. The van der Waals surface area contributed by atoms with E-state index in [1.165, 1.54) is 5.56 Å². The van der Waals surface area contributed by atoms with E-state index in [1.54, 1.807) is 6.20 Å². The van der Waals surface area contributed by atoms with Gasteiger partial charge in [-0.1, -0.05) is 51.1 Å². The van der Waals surface area contributed by atoms with Gasteiger partial charge >= 0.3 is 0 Å². The maximum absolute atomic E-state index is 12.0. The van der Waals surface area contributed by atoms with Crippen LogP contribution in [0.3, 0.4) is 0 Å². The molecule has 0 aliphatic heterocycles. The molecule has 5 nitrogen and oxygen atoms in total. The predicted octanol–water partition coefficient (Wildman–Crippen LogP) is 1.92. The first-order chi connectivity index (χ1) is 10.4. The first-order valence-corrected chi connectivity index (χ1v) is 7.45. The van der Waals surface area contributed by atoms with Crippen LogP contribution in [0.2, 0.25) is 0 Å². The molecule has 0 radical (unpaired) electrons. The van der Waals surface area contributed by atoms with Gasteiger partial charge in [0, 0.05) is 18.3 Å². The van der Waals surface area contributed by atoms with Gasteiger partial charge < -0.3 is 11.1 Å². The van der Waals surface area contributed by atoms with E-state index < -0.39 is 6.04 Å². The summed E-state index contributed by atoms with van der Waals surface area (Å²) in [7, 11) is 0. The molecule has 22 heavy (non-hydrogen) atoms. The molecule has 0 unspecified atom stereocenters. The molecule has 1 aromatic carbocycles. The fraction of sp³-hybridized carbons (Fsp3) is 0.412. The second-order valence-corrected chi connectivity index (χ2v) is 6.59. The van der Waals surface area contributed by atoms with Crippen molar-refractivity contribution in [3.63, 3.8) is 0 Å². The molecule has 1 amide bonds. The van der Waals surface area contributed by atoms with Crippen LogP contribution in [0.4, 0.5) is 0 Å². The minimum absolute atomic E-state index is 0.136. The van der Waals surface area contributed by atoms with Crippen LogP contribution in [0.5, 0.6) is 0 Å². The van der Waals surface area contributed by atoms with Crippen molar-refractivity contribution < 1.29 is 4.79 Å². The number of nitrogens with two attached hydrogens (primary N) is 1. The minimum Gasteiger partial charge on any atom is -0.351 e. The zero-order chi connectivity index (χ0) is 16.2. The van der Waals surface area contributed by atoms with E-state index >= 15 is 0 Å². The molecule has 1 heterocycles. The van der Waals surface area contributed by atoms with E-state index in [0.29, 0.717) is 6.54 Å². The zero-order valence-corrected chi connectivity index (χ0v) is 13.4. The zero-order valence-electron chi connectivity index (χ0n) is 13.4. The quantitative estimate of drug-likeness (QED) is 0.886. The third-order valence-electron chi connectivity index (χ3n) is 3.56. The average Bonchev–Trinajstić information content (AvgIpc) is 2.91. The van der Waals surface area contributed by atoms with Gasteiger partial charge in [-0.05, 0) is 11.0 Å². The highest BCUT2D eigenvalue weighted by atomic mass is 16.2. The summed E-state index contributed by atoms with van der Waals surface area (Å²) in [5.41, 5.74) is 7.84. The summed E-state index contributed by atoms with van der Waals surface area (Å²) < 4.78 is 1.86. The molecule has 118 valence electrons. The minimum atomic E-state index is -0.521. The number of rotatable bonds is 5. The van der Waals surface area contributed by atoms with Gasteiger partial charge in [0.2, 0.25) is 5.91 Å². The molecule has 0 aliphatic carbocycles. The Bertz CT molecular complexity index is 613. The Kier molecular flexibility index (Phi) is 4.98. The van der Waals surface area contributed by atoms with Gasteiger partial charge in [-0.15, -0.1) is 0 Å². The average molecular weight is 300 g/mol. The SMILES string of the molecule is CC(C)(C)[C@H](N)C(=O)NCc1cnn(Cc2ccccc2)c1. The highest BCUT2D eigenvalue weighted by Gasteiger charge is 2.27. The number of nitrogens with zero attached hydrogens (tertiary/aromatic N) is 2. The van der Waals surface area contributed by atoms with Crippen molar-refractivity contribution in [2.45, 2.75) is 39.9 Å². The van der Waals surface area contributed by atoms with Gasteiger partial charge in [0.25, 0.3) is 0 Å². The summed E-state index contributed by atoms with van der Waals surface area (Å²) in [5.74, 6) is -0.136. The van der Waals surface area contributed by atoms with E-state index in [1.807, 2.05) is 49.8 Å². The van der Waals surface area contributed by atoms with Crippen LogP contribution in [-0.2, 0) is 17.9 Å². The van der Waals surface area contributed by atoms with Crippen molar-refractivity contribution in [2.24, 2.45) is 11.1 Å². The number of amides is 1. The topological polar surface area (TPSA) is 72.9 Å². The number of aromatic nitrogens is 2. The smallest absolute Gasteiger partial charge is 0.237 e. The highest BCUT2D eigenvalue weighted by Crippen LogP contribution is 2.17. The summed E-state index contributed by atoms with van der Waals surface area (Å²) in [6.07, 6.45) is 3.71. The monoisotopic (exact) mass is 300 g/mol. The number of benzene rings is 1. The predicted molar refractivity (Wildman–Crippen MR) is 87.0 cm³/mol. The third-order valence-corrected chi connectivity index (χ3v) is 3.56. The standard InChI is InChI=1S/C17H24N4O/c1-17(2,3)15(18)16(22)19-9-14-10-20-21(12-14)11-13-7-5-4-6-8-13/h4-8,10,12,15H,9,11,18H2,1-3H3,(H,19,22)/t15-/m1/s1. The Morgan fingerprint density at radius 2 is 1.95 bits per heavy atom. The fourth-order valence-electron chi connectivity index (χ4n) is 2.05. The lowest BCUT2D eigenvalue weighted by atomic mass is 9.87. The first kappa shape index (κ1) is 16.2. The maximum Gasteiger partial charge on any atom is 0.237 e. The number of carbonyl (C=O) groups excluding carboxylic acids is 1. The second kappa shape index (κ2) is 6.75. The van der Waals surface area contributed by atoms with Crippen molar-refractivity contribution in [1.29, 1.82) is 0 Å². The van der Waals surface area contributed by atoms with E-state index in [-0.39, 0.29) is 11.3 Å². The lowest BCUT2D eigenvalue weighted by molar-refractivity contribution is -0.124. The summed E-state index contributed by atoms with van der Waals surface area (Å²) in [5, 5.41) is 7.18. The molecular formula is C17H24N4O. The number of carbonyl (C=O) groups is 1. The van der Waals surface area contributed by atoms with Crippen LogP contribution >= 0.6 is 0 Å². The van der Waals surface area contributed by atoms with Crippen LogP contribution in [0, 0.1) is 5.41 Å². The molecule has 5 heteroatoms. The van der Waals surface area contributed by atoms with Crippen LogP contribution in [0.15, 0.2) is 42.7 Å². The van der Waals surface area contributed by atoms with Crippen LogP contribution in [0.25, 0.3) is 0 Å². The number of hydrogen-bond donors (Lipinski definition) is 2. The third kappa shape index (κ3) is 4.43. The van der Waals surface area contributed by atoms with E-state index in [0.717, 1.165) is 12.1 Å². The van der Waals surface area contributed by atoms with Crippen LogP contribution < -0.4 is 11.1 Å². The molecule has 0 fully saturated rings. The lowest BCUT2D eigenvalue weighted by Crippen LogP contribution is -2.48. The first-order valence-electron chi connectivity index (χ1n) is 7.45. The van der Waals surface area contributed by atoms with Gasteiger partial charge in [-0.2, -0.15) is 5.10 Å². The fourth-order valence-corrected chi connectivity index (χ4v) is 2.05. The molecule has 1 atom stereocenters. The molecule has 0 saturated heterocycles. The molecule has 2 aromatic rings. The van der Waals surface area contributed by atoms with Gasteiger partial charge in [-0.3, -0.25) is 9.48 Å². The maximum atomic E-state index is 12.0. The molecular weight excluding hydrogens is 276 g/mol. The van der Waals surface area contributed by atoms with Gasteiger partial charge in [0.15, 0.2) is 0 Å². The summed E-state index contributed by atoms with van der Waals surface area (Å²) >= 11 is 0. The second-order valence-electron chi connectivity index (χ2n) is 6.59. The van der Waals surface area contributed by atoms with Crippen molar-refractivity contribution >= 4 is 5.91 Å². The van der Waals surface area contributed by atoms with Crippen molar-refractivity contribution in [3.8, 4) is 0 Å². The van der Waals surface area contributed by atoms with Crippen LogP contribution in [-0.4, -0.2) is 21.7 Å². The molecule has 1 aromatic heterocycles. The summed E-state index contributed by atoms with van der Waals surface area (Å²) in [6, 6.07) is 9.61. The molecule has 0 bridgehead atoms. The lowest BCUT2D eigenvalue weighted by Gasteiger charge is -2.25. The van der Waals surface area contributed by atoms with Crippen LogP contribution in [0.1, 0.15) is 31.9 Å². The number of nitrogens with one attached hydrogen (secondary N) is 1. The molecule has 2 rings (SSSR count). The van der Waals surface area contributed by atoms with Crippen molar-refractivity contribution in [3.05, 3.63) is 53.9 Å². The Balaban J connectivity index is 1.89. The molecule has 0 saturated carbocycles. The van der Waals surface area contributed by atoms with Crippen molar-refractivity contribution in [2.75, 3.05) is 0 Å². The molecule has 3 N–H and O–H groups in total. The molecule has 0 spiro atoms. The number of hydrogen-bond acceptors (Lipinski definition) is 3. The Morgan fingerprint density at radius 1 is 1.27 bits per heavy atom. The Hall–Kier alpha value is -2.14.